The Morgan fingerprint density at radius 3 is 2.56 bits per heavy atom. The second kappa shape index (κ2) is 7.87. The highest BCUT2D eigenvalue weighted by Crippen LogP contribution is 2.34. The third-order valence-corrected chi connectivity index (χ3v) is 5.65. The van der Waals surface area contributed by atoms with Crippen LogP contribution in [0.25, 0.3) is 27.8 Å². The normalized spacial score (nSPS) is 11.4. The quantitative estimate of drug-likeness (QED) is 0.439. The van der Waals surface area contributed by atoms with Crippen LogP contribution in [0.2, 0.25) is 0 Å². The highest BCUT2D eigenvalue weighted by Gasteiger charge is 2.19. The standard InChI is InChI=1S/C23H18F3N7O/c1-12-30-33(23(34)32(12)9-13-7-14(24)3-6-18(13)25)15-4-5-16(19(26)8-15)17-10-31(2)22-20(17)21(27)28-11-29-22/h3-8,10-11H,9H2,1-2H3,(H2,27,28,29). The summed E-state index contributed by atoms with van der Waals surface area (Å²) in [5, 5.41) is 4.70. The molecule has 11 heteroatoms. The molecule has 5 rings (SSSR count). The van der Waals surface area contributed by atoms with E-state index in [1.54, 1.807) is 24.7 Å². The maximum absolute atomic E-state index is 15.2. The molecule has 8 nitrogen and oxygen atoms in total. The molecule has 34 heavy (non-hydrogen) atoms. The van der Waals surface area contributed by atoms with E-state index in [2.05, 4.69) is 15.1 Å². The van der Waals surface area contributed by atoms with Crippen molar-refractivity contribution >= 4 is 16.9 Å². The van der Waals surface area contributed by atoms with Crippen molar-refractivity contribution in [2.45, 2.75) is 13.5 Å². The van der Waals surface area contributed by atoms with Gasteiger partial charge in [0, 0.05) is 36.0 Å². The van der Waals surface area contributed by atoms with Crippen LogP contribution in [0.15, 0.2) is 53.7 Å². The van der Waals surface area contributed by atoms with Crippen LogP contribution in [0.4, 0.5) is 19.0 Å². The maximum Gasteiger partial charge on any atom is 0.351 e. The zero-order valence-electron chi connectivity index (χ0n) is 18.1. The summed E-state index contributed by atoms with van der Waals surface area (Å²) in [5.74, 6) is -1.39. The van der Waals surface area contributed by atoms with Crippen LogP contribution >= 0.6 is 0 Å². The van der Waals surface area contributed by atoms with Gasteiger partial charge in [0.25, 0.3) is 0 Å². The van der Waals surface area contributed by atoms with Crippen LogP contribution in [-0.2, 0) is 13.6 Å². The summed E-state index contributed by atoms with van der Waals surface area (Å²) in [6, 6.07) is 7.24. The number of benzene rings is 2. The van der Waals surface area contributed by atoms with Crippen molar-refractivity contribution in [2.24, 2.45) is 7.05 Å². The Morgan fingerprint density at radius 1 is 1.00 bits per heavy atom. The molecule has 3 aromatic heterocycles. The van der Waals surface area contributed by atoms with Gasteiger partial charge in [-0.15, -0.1) is 0 Å². The van der Waals surface area contributed by atoms with Crippen LogP contribution in [0.1, 0.15) is 11.4 Å². The van der Waals surface area contributed by atoms with Crippen LogP contribution in [0.5, 0.6) is 0 Å². The Morgan fingerprint density at radius 2 is 1.79 bits per heavy atom. The number of aromatic nitrogens is 6. The van der Waals surface area contributed by atoms with E-state index in [-0.39, 0.29) is 35.0 Å². The molecule has 0 spiro atoms. The predicted octanol–water partition coefficient (Wildman–Crippen LogP) is 3.34. The number of anilines is 1. The summed E-state index contributed by atoms with van der Waals surface area (Å²) in [7, 11) is 1.76. The van der Waals surface area contributed by atoms with Crippen molar-refractivity contribution < 1.29 is 13.2 Å². The molecule has 0 aliphatic heterocycles. The Hall–Kier alpha value is -4.41. The monoisotopic (exact) mass is 465 g/mol. The Kier molecular flexibility index (Phi) is 4.96. The average Bonchev–Trinajstić information content (AvgIpc) is 3.28. The van der Waals surface area contributed by atoms with Gasteiger partial charge < -0.3 is 10.3 Å². The number of aryl methyl sites for hydroxylation is 2. The van der Waals surface area contributed by atoms with E-state index in [1.807, 2.05) is 0 Å². The molecule has 0 saturated heterocycles. The fourth-order valence-electron chi connectivity index (χ4n) is 3.97. The molecule has 2 N–H and O–H groups in total. The van der Waals surface area contributed by atoms with E-state index < -0.39 is 23.1 Å². The lowest BCUT2D eigenvalue weighted by molar-refractivity contribution is 0.572. The van der Waals surface area contributed by atoms with Gasteiger partial charge in [0.05, 0.1) is 17.6 Å². The van der Waals surface area contributed by atoms with Gasteiger partial charge >= 0.3 is 5.69 Å². The summed E-state index contributed by atoms with van der Waals surface area (Å²) in [6.45, 7) is 1.34. The van der Waals surface area contributed by atoms with Crippen LogP contribution in [0.3, 0.4) is 0 Å². The highest BCUT2D eigenvalue weighted by molar-refractivity contribution is 6.00. The molecule has 0 saturated carbocycles. The molecule has 0 aliphatic carbocycles. The first-order valence-electron chi connectivity index (χ1n) is 10.2. The number of hydrogen-bond donors (Lipinski definition) is 1. The highest BCUT2D eigenvalue weighted by atomic mass is 19.1. The molecule has 0 unspecified atom stereocenters. The van der Waals surface area contributed by atoms with Gasteiger partial charge in [-0.3, -0.25) is 4.57 Å². The molecular weight excluding hydrogens is 447 g/mol. The molecule has 2 aromatic carbocycles. The van der Waals surface area contributed by atoms with Crippen molar-refractivity contribution in [3.05, 3.63) is 88.2 Å². The van der Waals surface area contributed by atoms with Gasteiger partial charge in [-0.1, -0.05) is 0 Å². The van der Waals surface area contributed by atoms with Gasteiger partial charge in [-0.2, -0.15) is 9.78 Å². The number of nitrogens with zero attached hydrogens (tertiary/aromatic N) is 6. The Balaban J connectivity index is 1.56. The second-order valence-electron chi connectivity index (χ2n) is 7.84. The van der Waals surface area contributed by atoms with E-state index in [1.165, 1.54) is 29.1 Å². The number of nitrogens with two attached hydrogens (primary N) is 1. The number of hydrogen-bond acceptors (Lipinski definition) is 5. The molecule has 3 heterocycles. The van der Waals surface area contributed by atoms with E-state index in [0.717, 1.165) is 22.9 Å². The Labute approximate surface area is 190 Å². The lowest BCUT2D eigenvalue weighted by Crippen LogP contribution is -2.25. The van der Waals surface area contributed by atoms with Crippen molar-refractivity contribution in [3.8, 4) is 16.8 Å². The minimum atomic E-state index is -0.644. The van der Waals surface area contributed by atoms with Gasteiger partial charge in [-0.05, 0) is 37.3 Å². The third kappa shape index (κ3) is 3.41. The van der Waals surface area contributed by atoms with Crippen molar-refractivity contribution in [1.82, 2.24) is 28.9 Å². The van der Waals surface area contributed by atoms with E-state index in [0.29, 0.717) is 16.6 Å². The molecule has 172 valence electrons. The number of nitrogen functional groups attached to an aromatic ring is 1. The van der Waals surface area contributed by atoms with Crippen molar-refractivity contribution in [3.63, 3.8) is 0 Å². The number of halogens is 3. The average molecular weight is 465 g/mol. The first-order valence-corrected chi connectivity index (χ1v) is 10.2. The fourth-order valence-corrected chi connectivity index (χ4v) is 3.97. The third-order valence-electron chi connectivity index (χ3n) is 5.65. The van der Waals surface area contributed by atoms with E-state index >= 15 is 4.39 Å². The fraction of sp³-hybridized carbons (Fsp3) is 0.130. The molecule has 0 atom stereocenters. The number of rotatable bonds is 4. The SMILES string of the molecule is Cc1nn(-c2ccc(-c3cn(C)c4ncnc(N)c34)c(F)c2)c(=O)n1Cc1cc(F)ccc1F. The maximum atomic E-state index is 15.2. The predicted molar refractivity (Wildman–Crippen MR) is 120 cm³/mol. The first kappa shape index (κ1) is 21.4. The smallest absolute Gasteiger partial charge is 0.351 e. The first-order chi connectivity index (χ1) is 16.2. The van der Waals surface area contributed by atoms with Crippen molar-refractivity contribution in [1.29, 1.82) is 0 Å². The van der Waals surface area contributed by atoms with Crippen LogP contribution < -0.4 is 11.4 Å². The van der Waals surface area contributed by atoms with Gasteiger partial charge in [0.1, 0.15) is 41.1 Å². The summed E-state index contributed by atoms with van der Waals surface area (Å²) in [4.78, 5) is 21.2. The zero-order valence-corrected chi connectivity index (χ0v) is 18.1. The van der Waals surface area contributed by atoms with Gasteiger partial charge in [0.2, 0.25) is 0 Å². The second-order valence-corrected chi connectivity index (χ2v) is 7.84. The van der Waals surface area contributed by atoms with Crippen LogP contribution in [0, 0.1) is 24.4 Å². The minimum Gasteiger partial charge on any atom is -0.383 e. The van der Waals surface area contributed by atoms with Gasteiger partial charge in [0.15, 0.2) is 0 Å². The summed E-state index contributed by atoms with van der Waals surface area (Å²) in [6.07, 6.45) is 3.04. The number of fused-ring (bicyclic) bond motifs is 1. The summed E-state index contributed by atoms with van der Waals surface area (Å²) in [5.41, 5.74) is 6.89. The lowest BCUT2D eigenvalue weighted by atomic mass is 10.0. The molecule has 0 fully saturated rings. The van der Waals surface area contributed by atoms with Crippen molar-refractivity contribution in [2.75, 3.05) is 5.73 Å². The molecule has 0 amide bonds. The van der Waals surface area contributed by atoms with E-state index in [9.17, 15) is 13.6 Å². The molecule has 5 aromatic rings. The topological polar surface area (TPSA) is 96.6 Å². The largest absolute Gasteiger partial charge is 0.383 e. The summed E-state index contributed by atoms with van der Waals surface area (Å²) < 4.78 is 46.8. The lowest BCUT2D eigenvalue weighted by Gasteiger charge is -2.06. The molecule has 0 aliphatic rings. The molecule has 0 radical (unpaired) electrons. The molecular formula is C23H18F3N7O. The zero-order chi connectivity index (χ0) is 24.1. The van der Waals surface area contributed by atoms with E-state index in [4.69, 9.17) is 5.73 Å². The molecule has 0 bridgehead atoms. The Bertz CT molecular complexity index is 1630. The van der Waals surface area contributed by atoms with Gasteiger partial charge in [-0.25, -0.2) is 27.9 Å². The summed E-state index contributed by atoms with van der Waals surface area (Å²) >= 11 is 0. The minimum absolute atomic E-state index is 0.00189. The van der Waals surface area contributed by atoms with Crippen LogP contribution in [-0.4, -0.2) is 28.9 Å².